The lowest BCUT2D eigenvalue weighted by molar-refractivity contribution is -0.122. The Morgan fingerprint density at radius 2 is 1.84 bits per heavy atom. The summed E-state index contributed by atoms with van der Waals surface area (Å²) in [6.07, 6.45) is 6.13. The van der Waals surface area contributed by atoms with Crippen molar-refractivity contribution in [1.82, 2.24) is 10.6 Å². The molecular formula is C19H25N3O2S. The SMILES string of the molecule is N#Cc1ccc(CSCC(=O)NCCC(=O)NC2CCCCC2)cc1. The Hall–Kier alpha value is -2.00. The van der Waals surface area contributed by atoms with Crippen molar-refractivity contribution in [3.63, 3.8) is 0 Å². The highest BCUT2D eigenvalue weighted by molar-refractivity contribution is 7.99. The maximum Gasteiger partial charge on any atom is 0.230 e. The van der Waals surface area contributed by atoms with Crippen LogP contribution in [0.2, 0.25) is 0 Å². The minimum absolute atomic E-state index is 0.0254. The fourth-order valence-corrected chi connectivity index (χ4v) is 3.67. The fraction of sp³-hybridized carbons (Fsp3) is 0.526. The molecule has 1 saturated carbocycles. The van der Waals surface area contributed by atoms with Crippen LogP contribution in [0.3, 0.4) is 0 Å². The van der Waals surface area contributed by atoms with E-state index in [9.17, 15) is 9.59 Å². The molecule has 1 aliphatic carbocycles. The average molecular weight is 359 g/mol. The van der Waals surface area contributed by atoms with Crippen LogP contribution in [0, 0.1) is 11.3 Å². The summed E-state index contributed by atoms with van der Waals surface area (Å²) in [6, 6.07) is 9.76. The monoisotopic (exact) mass is 359 g/mol. The number of nitrogens with one attached hydrogen (secondary N) is 2. The summed E-state index contributed by atoms with van der Waals surface area (Å²) >= 11 is 1.52. The van der Waals surface area contributed by atoms with Crippen molar-refractivity contribution < 1.29 is 9.59 Å². The third-order valence-electron chi connectivity index (χ3n) is 4.23. The van der Waals surface area contributed by atoms with Gasteiger partial charge in [-0.2, -0.15) is 5.26 Å². The molecule has 0 spiro atoms. The molecular weight excluding hydrogens is 334 g/mol. The Bertz CT molecular complexity index is 604. The largest absolute Gasteiger partial charge is 0.355 e. The number of carbonyl (C=O) groups excluding carboxylic acids is 2. The number of amides is 2. The number of hydrogen-bond donors (Lipinski definition) is 2. The van der Waals surface area contributed by atoms with E-state index < -0.39 is 0 Å². The predicted octanol–water partition coefficient (Wildman–Crippen LogP) is 2.75. The van der Waals surface area contributed by atoms with E-state index in [1.807, 2.05) is 12.1 Å². The molecule has 1 fully saturated rings. The first-order valence-electron chi connectivity index (χ1n) is 8.80. The molecule has 2 amide bonds. The topological polar surface area (TPSA) is 82.0 Å². The van der Waals surface area contributed by atoms with Gasteiger partial charge in [0.05, 0.1) is 17.4 Å². The standard InChI is InChI=1S/C19H25N3O2S/c20-12-15-6-8-16(9-7-15)13-25-14-19(24)21-11-10-18(23)22-17-4-2-1-3-5-17/h6-9,17H,1-5,10-11,13-14H2,(H,21,24)(H,22,23). The van der Waals surface area contributed by atoms with Crippen LogP contribution in [0.4, 0.5) is 0 Å². The van der Waals surface area contributed by atoms with Gasteiger partial charge in [-0.3, -0.25) is 9.59 Å². The number of rotatable bonds is 8. The first kappa shape index (κ1) is 19.3. The van der Waals surface area contributed by atoms with E-state index in [0.29, 0.717) is 30.3 Å². The fourth-order valence-electron chi connectivity index (χ4n) is 2.85. The molecule has 25 heavy (non-hydrogen) atoms. The molecule has 5 nitrogen and oxygen atoms in total. The van der Waals surface area contributed by atoms with E-state index in [0.717, 1.165) is 24.2 Å². The van der Waals surface area contributed by atoms with E-state index in [-0.39, 0.29) is 11.8 Å². The maximum atomic E-state index is 11.9. The van der Waals surface area contributed by atoms with E-state index in [2.05, 4.69) is 16.7 Å². The Kier molecular flexibility index (Phi) is 8.33. The lowest BCUT2D eigenvalue weighted by Gasteiger charge is -2.22. The van der Waals surface area contributed by atoms with Gasteiger partial charge < -0.3 is 10.6 Å². The maximum absolute atomic E-state index is 11.9. The van der Waals surface area contributed by atoms with Crippen LogP contribution in [0.1, 0.15) is 49.7 Å². The van der Waals surface area contributed by atoms with Gasteiger partial charge in [-0.25, -0.2) is 0 Å². The Morgan fingerprint density at radius 3 is 2.52 bits per heavy atom. The Morgan fingerprint density at radius 1 is 1.12 bits per heavy atom. The number of carbonyl (C=O) groups is 2. The van der Waals surface area contributed by atoms with Gasteiger partial charge in [0.1, 0.15) is 0 Å². The molecule has 1 aromatic rings. The van der Waals surface area contributed by atoms with Crippen LogP contribution in [0.5, 0.6) is 0 Å². The second-order valence-corrected chi connectivity index (χ2v) is 7.29. The number of thioether (sulfide) groups is 1. The van der Waals surface area contributed by atoms with Crippen LogP contribution in [0.25, 0.3) is 0 Å². The second kappa shape index (κ2) is 10.8. The van der Waals surface area contributed by atoms with Gasteiger partial charge in [-0.15, -0.1) is 11.8 Å². The highest BCUT2D eigenvalue weighted by atomic mass is 32.2. The smallest absolute Gasteiger partial charge is 0.230 e. The molecule has 0 bridgehead atoms. The van der Waals surface area contributed by atoms with E-state index in [1.54, 1.807) is 12.1 Å². The number of hydrogen-bond acceptors (Lipinski definition) is 4. The average Bonchev–Trinajstić information content (AvgIpc) is 2.63. The Labute approximate surface area is 153 Å². The molecule has 0 heterocycles. The van der Waals surface area contributed by atoms with Crippen molar-refractivity contribution >= 4 is 23.6 Å². The lowest BCUT2D eigenvalue weighted by atomic mass is 9.95. The van der Waals surface area contributed by atoms with Crippen molar-refractivity contribution in [3.8, 4) is 6.07 Å². The molecule has 0 radical (unpaired) electrons. The van der Waals surface area contributed by atoms with E-state index in [4.69, 9.17) is 5.26 Å². The summed E-state index contributed by atoms with van der Waals surface area (Å²) < 4.78 is 0. The summed E-state index contributed by atoms with van der Waals surface area (Å²) in [6.45, 7) is 0.384. The molecule has 1 aliphatic rings. The molecule has 2 rings (SSSR count). The van der Waals surface area contributed by atoms with Crippen LogP contribution in [-0.4, -0.2) is 30.2 Å². The highest BCUT2D eigenvalue weighted by Gasteiger charge is 2.15. The minimum Gasteiger partial charge on any atom is -0.355 e. The number of nitrogens with zero attached hydrogens (tertiary/aromatic N) is 1. The zero-order valence-corrected chi connectivity index (χ0v) is 15.2. The first-order chi connectivity index (χ1) is 12.2. The van der Waals surface area contributed by atoms with Gasteiger partial charge in [0, 0.05) is 24.8 Å². The van der Waals surface area contributed by atoms with Crippen molar-refractivity contribution in [2.75, 3.05) is 12.3 Å². The van der Waals surface area contributed by atoms with Gasteiger partial charge in [-0.1, -0.05) is 31.4 Å². The normalized spacial score (nSPS) is 14.5. The third kappa shape index (κ3) is 7.61. The molecule has 6 heteroatoms. The van der Waals surface area contributed by atoms with Crippen molar-refractivity contribution in [2.45, 2.75) is 50.3 Å². The third-order valence-corrected chi connectivity index (χ3v) is 5.23. The summed E-state index contributed by atoms with van der Waals surface area (Å²) in [5, 5.41) is 14.6. The van der Waals surface area contributed by atoms with Crippen molar-refractivity contribution in [2.24, 2.45) is 0 Å². The van der Waals surface area contributed by atoms with Crippen LogP contribution in [-0.2, 0) is 15.3 Å². The molecule has 0 atom stereocenters. The molecule has 1 aromatic carbocycles. The summed E-state index contributed by atoms with van der Waals surface area (Å²) in [5.41, 5.74) is 1.72. The van der Waals surface area contributed by atoms with Crippen molar-refractivity contribution in [3.05, 3.63) is 35.4 Å². The van der Waals surface area contributed by atoms with Gasteiger partial charge in [0.2, 0.25) is 11.8 Å². The van der Waals surface area contributed by atoms with E-state index >= 15 is 0 Å². The molecule has 0 aromatic heterocycles. The van der Waals surface area contributed by atoms with Gasteiger partial charge in [-0.05, 0) is 30.5 Å². The predicted molar refractivity (Wildman–Crippen MR) is 100.0 cm³/mol. The van der Waals surface area contributed by atoms with Crippen LogP contribution in [0.15, 0.2) is 24.3 Å². The van der Waals surface area contributed by atoms with Crippen molar-refractivity contribution in [1.29, 1.82) is 5.26 Å². The minimum atomic E-state index is -0.0517. The van der Waals surface area contributed by atoms with Crippen LogP contribution >= 0.6 is 11.8 Å². The summed E-state index contributed by atoms with van der Waals surface area (Å²) in [4.78, 5) is 23.7. The zero-order valence-electron chi connectivity index (χ0n) is 14.4. The summed E-state index contributed by atoms with van der Waals surface area (Å²) in [5.74, 6) is 1.06. The summed E-state index contributed by atoms with van der Waals surface area (Å²) in [7, 11) is 0. The van der Waals surface area contributed by atoms with Crippen LogP contribution < -0.4 is 10.6 Å². The number of nitriles is 1. The molecule has 0 saturated heterocycles. The molecule has 0 aliphatic heterocycles. The first-order valence-corrected chi connectivity index (χ1v) is 9.95. The van der Waals surface area contributed by atoms with E-state index in [1.165, 1.54) is 31.0 Å². The lowest BCUT2D eigenvalue weighted by Crippen LogP contribution is -2.38. The van der Waals surface area contributed by atoms with Gasteiger partial charge >= 0.3 is 0 Å². The van der Waals surface area contributed by atoms with Gasteiger partial charge in [0.25, 0.3) is 0 Å². The second-order valence-electron chi connectivity index (χ2n) is 6.30. The Balaban J connectivity index is 1.54. The quantitative estimate of drug-likeness (QED) is 0.748. The highest BCUT2D eigenvalue weighted by Crippen LogP contribution is 2.17. The molecule has 134 valence electrons. The molecule has 0 unspecified atom stereocenters. The zero-order chi connectivity index (χ0) is 17.9. The van der Waals surface area contributed by atoms with Gasteiger partial charge in [0.15, 0.2) is 0 Å². The number of benzene rings is 1. The molecule has 2 N–H and O–H groups in total.